The fourth-order valence-corrected chi connectivity index (χ4v) is 5.50. The van der Waals surface area contributed by atoms with Crippen LogP contribution in [0.4, 0.5) is 0 Å². The summed E-state index contributed by atoms with van der Waals surface area (Å²) < 4.78 is 12.1. The van der Waals surface area contributed by atoms with Crippen LogP contribution in [0.5, 0.6) is 0 Å². The highest BCUT2D eigenvalue weighted by molar-refractivity contribution is 7.53. The Labute approximate surface area is 205 Å². The van der Waals surface area contributed by atoms with Gasteiger partial charge >= 0.3 is 7.60 Å². The minimum atomic E-state index is -4.55. The molecule has 0 heterocycles. The second-order valence-electron chi connectivity index (χ2n) is 11.1. The minimum Gasteiger partial charge on any atom is -0.373 e. The van der Waals surface area contributed by atoms with Crippen LogP contribution in [0.25, 0.3) is 0 Å². The van der Waals surface area contributed by atoms with Gasteiger partial charge in [-0.3, -0.25) is 4.57 Å². The summed E-state index contributed by atoms with van der Waals surface area (Å²) >= 11 is 0. The number of nitrogens with zero attached hydrogens (tertiary/aromatic N) is 1. The monoisotopic (exact) mass is 490 g/mol. The van der Waals surface area contributed by atoms with Gasteiger partial charge in [0.25, 0.3) is 0 Å². The summed E-state index contributed by atoms with van der Waals surface area (Å²) in [6, 6.07) is 0. The first-order valence-electron chi connectivity index (χ1n) is 13.8. The van der Waals surface area contributed by atoms with E-state index in [1.54, 1.807) is 0 Å². The van der Waals surface area contributed by atoms with Gasteiger partial charge in [0.15, 0.2) is 0 Å². The van der Waals surface area contributed by atoms with E-state index in [0.29, 0.717) is 10.9 Å². The van der Waals surface area contributed by atoms with E-state index in [-0.39, 0.29) is 13.0 Å². The number of likely N-dealkylation sites (N-methyl/N-ethyl adjacent to an activating group) is 1. The van der Waals surface area contributed by atoms with Gasteiger partial charge in [0.1, 0.15) is 6.54 Å². The van der Waals surface area contributed by atoms with Crippen LogP contribution in [0.1, 0.15) is 129 Å². The van der Waals surface area contributed by atoms with E-state index < -0.39 is 12.9 Å². The van der Waals surface area contributed by atoms with E-state index in [4.69, 9.17) is 0 Å². The lowest BCUT2D eigenvalue weighted by molar-refractivity contribution is -0.875. The molecule has 0 aromatic heterocycles. The van der Waals surface area contributed by atoms with Crippen molar-refractivity contribution >= 4 is 7.60 Å². The maximum absolute atomic E-state index is 11.8. The molecule has 0 aliphatic rings. The lowest BCUT2D eigenvalue weighted by Crippen LogP contribution is -2.49. The Morgan fingerprint density at radius 1 is 0.667 bits per heavy atom. The molecule has 0 amide bonds. The average molecular weight is 491 g/mol. The normalized spacial score (nSPS) is 14.8. The summed E-state index contributed by atoms with van der Waals surface area (Å²) in [6.07, 6.45) is 27.3. The summed E-state index contributed by atoms with van der Waals surface area (Å²) in [4.78, 5) is 19.2. The van der Waals surface area contributed by atoms with Gasteiger partial charge in [0.05, 0.1) is 21.1 Å². The molecule has 1 unspecified atom stereocenters. The van der Waals surface area contributed by atoms with Crippen LogP contribution in [0.2, 0.25) is 0 Å². The summed E-state index contributed by atoms with van der Waals surface area (Å²) in [5, 5.41) is 8.63. The number of rotatable bonds is 23. The van der Waals surface area contributed by atoms with Gasteiger partial charge in [-0.1, -0.05) is 103 Å². The van der Waals surface area contributed by atoms with Gasteiger partial charge in [-0.25, -0.2) is 0 Å². The lowest BCUT2D eigenvalue weighted by atomic mass is 10.0. The maximum Gasteiger partial charge on any atom is 0.362 e. The van der Waals surface area contributed by atoms with Crippen molar-refractivity contribution < 1.29 is 23.9 Å². The molecule has 0 aliphatic heterocycles. The molecule has 198 valence electrons. The average Bonchev–Trinajstić information content (AvgIpc) is 2.70. The SMILES string of the molecule is CCCCCCCCCCCCCC/C=C\CCCCCCC(O)(C[N+](C)(C)C)P(=O)(O)O. The third-order valence-electron chi connectivity index (χ3n) is 6.36. The third-order valence-corrected chi connectivity index (χ3v) is 7.81. The molecule has 0 saturated heterocycles. The standard InChI is InChI=1S/C27H56NO4P/c1-5-6-7-8-9-10-11-12-13-14-15-16-17-18-19-20-21-22-23-24-25-27(29,33(30,31)32)26-28(2,3)4/h18-19,29H,5-17,20-26H2,1-4H3,(H-,30,31,32)/p+1/b19-18-. The number of unbranched alkanes of at least 4 members (excludes halogenated alkanes) is 16. The molecule has 1 atom stereocenters. The molecule has 0 radical (unpaired) electrons. The quantitative estimate of drug-likeness (QED) is 0.0598. The van der Waals surface area contributed by atoms with Gasteiger partial charge in [-0.2, -0.15) is 0 Å². The second-order valence-corrected chi connectivity index (χ2v) is 13.0. The smallest absolute Gasteiger partial charge is 0.362 e. The first-order valence-corrected chi connectivity index (χ1v) is 15.4. The zero-order valence-corrected chi connectivity index (χ0v) is 23.3. The molecule has 0 spiro atoms. The molecule has 33 heavy (non-hydrogen) atoms. The zero-order valence-electron chi connectivity index (χ0n) is 22.4. The van der Waals surface area contributed by atoms with Gasteiger partial charge in [0.2, 0.25) is 5.34 Å². The predicted octanol–water partition coefficient (Wildman–Crippen LogP) is 7.55. The fraction of sp³-hybridized carbons (Fsp3) is 0.926. The minimum absolute atomic E-state index is 0.0547. The van der Waals surface area contributed by atoms with Crippen molar-refractivity contribution in [3.05, 3.63) is 12.2 Å². The lowest BCUT2D eigenvalue weighted by Gasteiger charge is -2.35. The molecule has 0 fully saturated rings. The fourth-order valence-electron chi connectivity index (χ4n) is 4.44. The van der Waals surface area contributed by atoms with Gasteiger partial charge in [0, 0.05) is 0 Å². The Morgan fingerprint density at radius 3 is 1.39 bits per heavy atom. The zero-order chi connectivity index (χ0) is 25.1. The Kier molecular flexibility index (Phi) is 18.9. The van der Waals surface area contributed by atoms with E-state index in [9.17, 15) is 19.5 Å². The highest BCUT2D eigenvalue weighted by atomic mass is 31.2. The van der Waals surface area contributed by atoms with Gasteiger partial charge in [-0.05, 0) is 38.5 Å². The Bertz CT molecular complexity index is 527. The maximum atomic E-state index is 11.8. The highest BCUT2D eigenvalue weighted by Crippen LogP contribution is 2.52. The molecule has 5 nitrogen and oxygen atoms in total. The van der Waals surface area contributed by atoms with Crippen LogP contribution in [-0.2, 0) is 4.57 Å². The Balaban J connectivity index is 3.59. The number of quaternary nitrogens is 1. The first kappa shape index (κ1) is 32.8. The van der Waals surface area contributed by atoms with Crippen molar-refractivity contribution in [2.45, 2.75) is 134 Å². The molecule has 0 saturated carbocycles. The van der Waals surface area contributed by atoms with Gasteiger partial charge < -0.3 is 19.4 Å². The first-order chi connectivity index (χ1) is 15.5. The van der Waals surface area contributed by atoms with Crippen LogP contribution in [0, 0.1) is 0 Å². The van der Waals surface area contributed by atoms with Crippen LogP contribution in [0.3, 0.4) is 0 Å². The topological polar surface area (TPSA) is 77.8 Å². The molecule has 0 rings (SSSR count). The predicted molar refractivity (Wildman–Crippen MR) is 142 cm³/mol. The second kappa shape index (κ2) is 19.1. The summed E-state index contributed by atoms with van der Waals surface area (Å²) in [5.74, 6) is 0. The molecule has 6 heteroatoms. The van der Waals surface area contributed by atoms with E-state index in [2.05, 4.69) is 19.1 Å². The Hall–Kier alpha value is -0.190. The largest absolute Gasteiger partial charge is 0.373 e. The third kappa shape index (κ3) is 19.8. The van der Waals surface area contributed by atoms with Crippen molar-refractivity contribution in [2.75, 3.05) is 27.7 Å². The number of hydrogen-bond acceptors (Lipinski definition) is 2. The van der Waals surface area contributed by atoms with Crippen LogP contribution in [0.15, 0.2) is 12.2 Å². The number of allylic oxidation sites excluding steroid dienone is 2. The van der Waals surface area contributed by atoms with Crippen molar-refractivity contribution in [3.8, 4) is 0 Å². The molecular weight excluding hydrogens is 433 g/mol. The van der Waals surface area contributed by atoms with Crippen molar-refractivity contribution in [2.24, 2.45) is 0 Å². The highest BCUT2D eigenvalue weighted by Gasteiger charge is 2.48. The van der Waals surface area contributed by atoms with Crippen molar-refractivity contribution in [1.82, 2.24) is 0 Å². The number of hydrogen-bond donors (Lipinski definition) is 3. The summed E-state index contributed by atoms with van der Waals surface area (Å²) in [5.41, 5.74) is 0. The summed E-state index contributed by atoms with van der Waals surface area (Å²) in [7, 11) is 0.962. The van der Waals surface area contributed by atoms with E-state index in [1.165, 1.54) is 83.5 Å². The molecule has 0 aromatic carbocycles. The van der Waals surface area contributed by atoms with Crippen LogP contribution in [-0.4, -0.2) is 52.4 Å². The van der Waals surface area contributed by atoms with E-state index >= 15 is 0 Å². The molecular formula is C27H57NO4P+. The van der Waals surface area contributed by atoms with Crippen molar-refractivity contribution in [3.63, 3.8) is 0 Å². The van der Waals surface area contributed by atoms with Gasteiger partial charge in [-0.15, -0.1) is 0 Å². The molecule has 0 aromatic rings. The Morgan fingerprint density at radius 2 is 1.03 bits per heavy atom. The van der Waals surface area contributed by atoms with Crippen LogP contribution >= 0.6 is 7.60 Å². The number of aliphatic hydroxyl groups is 1. The molecule has 0 bridgehead atoms. The van der Waals surface area contributed by atoms with Crippen molar-refractivity contribution in [1.29, 1.82) is 0 Å². The summed E-state index contributed by atoms with van der Waals surface area (Å²) in [6.45, 7) is 2.33. The van der Waals surface area contributed by atoms with E-state index in [1.807, 2.05) is 21.1 Å². The van der Waals surface area contributed by atoms with E-state index in [0.717, 1.165) is 25.7 Å². The van der Waals surface area contributed by atoms with Crippen LogP contribution < -0.4 is 0 Å². The molecule has 3 N–H and O–H groups in total. The molecule has 0 aliphatic carbocycles.